The first-order valence-corrected chi connectivity index (χ1v) is 11.0. The molecule has 2 rings (SSSR count). The molecule has 6 nitrogen and oxygen atoms in total. The fourth-order valence-electron chi connectivity index (χ4n) is 2.72. The molecule has 1 N–H and O–H groups in total. The Kier molecular flexibility index (Phi) is 11.0. The highest BCUT2D eigenvalue weighted by molar-refractivity contribution is 8.13. The number of amides is 1. The number of thioether (sulfide) groups is 1. The van der Waals surface area contributed by atoms with Gasteiger partial charge in [-0.3, -0.25) is 9.59 Å². The summed E-state index contributed by atoms with van der Waals surface area (Å²) >= 11 is 1.02. The number of esters is 1. The van der Waals surface area contributed by atoms with Crippen molar-refractivity contribution < 1.29 is 23.9 Å². The van der Waals surface area contributed by atoms with Crippen molar-refractivity contribution in [3.63, 3.8) is 0 Å². The largest absolute Gasteiger partial charge is 0.497 e. The molecule has 0 aromatic heterocycles. The summed E-state index contributed by atoms with van der Waals surface area (Å²) in [5.74, 6) is -0.319. The molecule has 0 fully saturated rings. The van der Waals surface area contributed by atoms with Crippen molar-refractivity contribution in [2.24, 2.45) is 0 Å². The minimum Gasteiger partial charge on any atom is -0.497 e. The van der Waals surface area contributed by atoms with E-state index in [2.05, 4.69) is 5.32 Å². The summed E-state index contributed by atoms with van der Waals surface area (Å²) in [7, 11) is 1.62. The van der Waals surface area contributed by atoms with E-state index in [1.54, 1.807) is 14.0 Å². The number of hydrogen-bond donors (Lipinski definition) is 1. The van der Waals surface area contributed by atoms with Gasteiger partial charge in [0.1, 0.15) is 11.8 Å². The van der Waals surface area contributed by atoms with Crippen LogP contribution >= 0.6 is 11.8 Å². The zero-order valence-electron chi connectivity index (χ0n) is 18.5. The zero-order chi connectivity index (χ0) is 22.7. The average Bonchev–Trinajstić information content (AvgIpc) is 2.76. The second kappa shape index (κ2) is 12.9. The Morgan fingerprint density at radius 1 is 1.07 bits per heavy atom. The Hall–Kier alpha value is -2.54. The Labute approximate surface area is 182 Å². The number of rotatable bonds is 8. The summed E-state index contributed by atoms with van der Waals surface area (Å²) in [5.41, 5.74) is 0.891. The molecule has 1 unspecified atom stereocenters. The van der Waals surface area contributed by atoms with Crippen molar-refractivity contribution >= 4 is 39.5 Å². The van der Waals surface area contributed by atoms with Crippen molar-refractivity contribution in [2.45, 2.75) is 46.6 Å². The molecule has 0 saturated heterocycles. The van der Waals surface area contributed by atoms with Gasteiger partial charge in [0.2, 0.25) is 5.91 Å². The lowest BCUT2D eigenvalue weighted by Crippen LogP contribution is -2.43. The maximum atomic E-state index is 12.6. The molecule has 0 aliphatic heterocycles. The molecule has 0 spiro atoms. The van der Waals surface area contributed by atoms with Gasteiger partial charge in [-0.2, -0.15) is 0 Å². The van der Waals surface area contributed by atoms with Gasteiger partial charge in [-0.15, -0.1) is 0 Å². The Morgan fingerprint density at radius 3 is 2.30 bits per heavy atom. The van der Waals surface area contributed by atoms with Crippen molar-refractivity contribution in [3.05, 3.63) is 42.0 Å². The summed E-state index contributed by atoms with van der Waals surface area (Å²) in [6.45, 7) is 9.06. The van der Waals surface area contributed by atoms with Gasteiger partial charge < -0.3 is 14.8 Å². The van der Waals surface area contributed by atoms with Gasteiger partial charge in [0.05, 0.1) is 19.6 Å². The van der Waals surface area contributed by atoms with Gasteiger partial charge in [-0.25, -0.2) is 4.79 Å². The lowest BCUT2D eigenvalue weighted by molar-refractivity contribution is -0.146. The smallest absolute Gasteiger partial charge is 0.329 e. The van der Waals surface area contributed by atoms with E-state index in [0.29, 0.717) is 0 Å². The zero-order valence-corrected chi connectivity index (χ0v) is 19.3. The highest BCUT2D eigenvalue weighted by atomic mass is 32.2. The average molecular weight is 434 g/mol. The number of ether oxygens (including phenoxy) is 2. The molecule has 7 heteroatoms. The molecule has 0 radical (unpaired) electrons. The number of benzene rings is 2. The van der Waals surface area contributed by atoms with Crippen LogP contribution in [0.3, 0.4) is 0 Å². The summed E-state index contributed by atoms with van der Waals surface area (Å²) in [5, 5.41) is 4.51. The minimum atomic E-state index is -0.845. The molecule has 0 bridgehead atoms. The molecule has 2 aromatic carbocycles. The molecule has 1 amide bonds. The second-order valence-electron chi connectivity index (χ2n) is 6.33. The van der Waals surface area contributed by atoms with Gasteiger partial charge in [0.25, 0.3) is 0 Å². The summed E-state index contributed by atoms with van der Waals surface area (Å²) in [6, 6.07) is 10.8. The van der Waals surface area contributed by atoms with Gasteiger partial charge in [0.15, 0.2) is 5.12 Å². The molecular weight excluding hydrogens is 402 g/mol. The number of carbonyl (C=O) groups excluding carboxylic acids is 3. The molecule has 2 atom stereocenters. The molecular formula is C23H31NO5S. The quantitative estimate of drug-likeness (QED) is 0.625. The molecule has 0 aliphatic carbocycles. The molecule has 0 heterocycles. The number of hydrogen-bond acceptors (Lipinski definition) is 6. The normalized spacial score (nSPS) is 12.2. The van der Waals surface area contributed by atoms with Crippen molar-refractivity contribution in [3.8, 4) is 5.75 Å². The number of nitrogens with one attached hydrogen (secondary N) is 1. The van der Waals surface area contributed by atoms with Crippen LogP contribution in [0.2, 0.25) is 0 Å². The number of carbonyl (C=O) groups is 3. The van der Waals surface area contributed by atoms with Gasteiger partial charge in [-0.05, 0) is 35.4 Å². The topological polar surface area (TPSA) is 81.7 Å². The Bertz CT molecular complexity index is 868. The summed E-state index contributed by atoms with van der Waals surface area (Å²) in [4.78, 5) is 35.9. The second-order valence-corrected chi connectivity index (χ2v) is 7.35. The molecule has 0 saturated carbocycles. The standard InChI is InChI=1S/C21H25NO5S.C2H6/c1-5-27-20(24)19(22-14(3)23)12-28-21(25)13(2)15-6-7-17-11-18(26-4)9-8-16(17)10-15;1-2/h6-11,13,19H,5,12H2,1-4H3,(H,22,23);1-2H3/t13-,19?;/m1./s1. The van der Waals surface area contributed by atoms with Crippen LogP contribution in [-0.4, -0.2) is 42.5 Å². The first-order chi connectivity index (χ1) is 14.3. The molecule has 164 valence electrons. The first kappa shape index (κ1) is 25.5. The maximum Gasteiger partial charge on any atom is 0.329 e. The minimum absolute atomic E-state index is 0.0764. The third-order valence-electron chi connectivity index (χ3n) is 4.27. The van der Waals surface area contributed by atoms with E-state index in [1.807, 2.05) is 57.2 Å². The number of fused-ring (bicyclic) bond motifs is 1. The molecule has 2 aromatic rings. The fourth-order valence-corrected chi connectivity index (χ4v) is 3.66. The van der Waals surface area contributed by atoms with Crippen LogP contribution in [0, 0.1) is 0 Å². The van der Waals surface area contributed by atoms with E-state index < -0.39 is 12.0 Å². The van der Waals surface area contributed by atoms with Crippen molar-refractivity contribution in [2.75, 3.05) is 19.5 Å². The third kappa shape index (κ3) is 7.37. The van der Waals surface area contributed by atoms with Gasteiger partial charge >= 0.3 is 5.97 Å². The Balaban J connectivity index is 0.00000218. The van der Waals surface area contributed by atoms with Crippen LogP contribution in [0.4, 0.5) is 0 Å². The first-order valence-electron chi connectivity index (χ1n) is 10.0. The van der Waals surface area contributed by atoms with Crippen LogP contribution < -0.4 is 10.1 Å². The SMILES string of the molecule is CC.CCOC(=O)C(CSC(=O)[C@H](C)c1ccc2cc(OC)ccc2c1)NC(C)=O. The van der Waals surface area contributed by atoms with E-state index in [9.17, 15) is 14.4 Å². The number of methoxy groups -OCH3 is 1. The van der Waals surface area contributed by atoms with E-state index >= 15 is 0 Å². The van der Waals surface area contributed by atoms with E-state index in [-0.39, 0.29) is 29.3 Å². The molecule has 0 aliphatic rings. The highest BCUT2D eigenvalue weighted by Gasteiger charge is 2.24. The lowest BCUT2D eigenvalue weighted by atomic mass is 9.99. The predicted octanol–water partition coefficient (Wildman–Crippen LogP) is 4.31. The fraction of sp³-hybridized carbons (Fsp3) is 0.435. The monoisotopic (exact) mass is 433 g/mol. The van der Waals surface area contributed by atoms with E-state index in [0.717, 1.165) is 33.8 Å². The maximum absolute atomic E-state index is 12.6. The van der Waals surface area contributed by atoms with Crippen LogP contribution in [0.5, 0.6) is 5.75 Å². The predicted molar refractivity (Wildman–Crippen MR) is 122 cm³/mol. The highest BCUT2D eigenvalue weighted by Crippen LogP contribution is 2.28. The van der Waals surface area contributed by atoms with Crippen molar-refractivity contribution in [1.29, 1.82) is 0 Å². The summed E-state index contributed by atoms with van der Waals surface area (Å²) < 4.78 is 10.2. The van der Waals surface area contributed by atoms with Crippen LogP contribution in [0.25, 0.3) is 10.8 Å². The van der Waals surface area contributed by atoms with Gasteiger partial charge in [0, 0.05) is 12.7 Å². The Morgan fingerprint density at radius 2 is 1.70 bits per heavy atom. The van der Waals surface area contributed by atoms with Crippen molar-refractivity contribution in [1.82, 2.24) is 5.32 Å². The third-order valence-corrected chi connectivity index (χ3v) is 5.40. The van der Waals surface area contributed by atoms with Crippen LogP contribution in [-0.2, 0) is 19.1 Å². The van der Waals surface area contributed by atoms with Crippen LogP contribution in [0.1, 0.15) is 46.1 Å². The molecule has 30 heavy (non-hydrogen) atoms. The van der Waals surface area contributed by atoms with Crippen LogP contribution in [0.15, 0.2) is 36.4 Å². The summed E-state index contributed by atoms with van der Waals surface area (Å²) in [6.07, 6.45) is 0. The van der Waals surface area contributed by atoms with E-state index in [1.165, 1.54) is 6.92 Å². The van der Waals surface area contributed by atoms with Gasteiger partial charge in [-0.1, -0.05) is 56.8 Å². The lowest BCUT2D eigenvalue weighted by Gasteiger charge is -2.17. The van der Waals surface area contributed by atoms with E-state index in [4.69, 9.17) is 9.47 Å².